The van der Waals surface area contributed by atoms with E-state index in [1.54, 1.807) is 30.3 Å². The summed E-state index contributed by atoms with van der Waals surface area (Å²) in [6.07, 6.45) is 20.7. The normalized spacial score (nSPS) is 13.3. The van der Waals surface area contributed by atoms with Gasteiger partial charge >= 0.3 is 7.82 Å². The summed E-state index contributed by atoms with van der Waals surface area (Å²) in [5, 5.41) is 0. The van der Waals surface area contributed by atoms with Crippen molar-refractivity contribution in [2.75, 3.05) is 6.61 Å². The van der Waals surface area contributed by atoms with Crippen LogP contribution in [-0.4, -0.2) is 6.61 Å². The lowest BCUT2D eigenvalue weighted by Crippen LogP contribution is -2.11. The molecule has 1 aromatic rings. The maximum absolute atomic E-state index is 11.7. The minimum absolute atomic E-state index is 0.200. The van der Waals surface area contributed by atoms with Gasteiger partial charge in [0.2, 0.25) is 0 Å². The molecule has 0 spiro atoms. The number of para-hydroxylation sites is 1. The van der Waals surface area contributed by atoms with E-state index >= 15 is 0 Å². The Morgan fingerprint density at radius 2 is 1.10 bits per heavy atom. The lowest BCUT2D eigenvalue weighted by Gasteiger charge is -2.23. The fourth-order valence-corrected chi connectivity index (χ4v) is 4.25. The van der Waals surface area contributed by atoms with E-state index in [0.29, 0.717) is 0 Å². The van der Waals surface area contributed by atoms with Gasteiger partial charge in [0.05, 0.1) is 6.61 Å². The van der Waals surface area contributed by atoms with Crippen LogP contribution < -0.4 is 9.42 Å². The van der Waals surface area contributed by atoms with Crippen LogP contribution in [0.4, 0.5) is 0 Å². The molecule has 0 amide bonds. The van der Waals surface area contributed by atoms with Crippen LogP contribution in [0.25, 0.3) is 0 Å². The fraction of sp³-hybridized carbons (Fsp3) is 0.750. The smallest absolute Gasteiger partial charge is 0.319 e. The van der Waals surface area contributed by atoms with Crippen LogP contribution in [0.5, 0.6) is 5.75 Å². The molecule has 0 radical (unpaired) electrons. The van der Waals surface area contributed by atoms with Gasteiger partial charge in [-0.2, -0.15) is 0 Å². The molecular formula is C24H42O4P-. The van der Waals surface area contributed by atoms with Crippen LogP contribution in [0.15, 0.2) is 30.3 Å². The molecule has 0 saturated carbocycles. The highest BCUT2D eigenvalue weighted by atomic mass is 31.2. The van der Waals surface area contributed by atoms with Crippen molar-refractivity contribution >= 4 is 7.82 Å². The van der Waals surface area contributed by atoms with E-state index in [-0.39, 0.29) is 12.4 Å². The number of hydrogen-bond donors (Lipinski definition) is 0. The van der Waals surface area contributed by atoms with Gasteiger partial charge in [0.15, 0.2) is 0 Å². The molecule has 5 heteroatoms. The van der Waals surface area contributed by atoms with Gasteiger partial charge in [-0.15, -0.1) is 0 Å². The first-order valence-electron chi connectivity index (χ1n) is 11.8. The van der Waals surface area contributed by atoms with Crippen molar-refractivity contribution in [1.29, 1.82) is 0 Å². The Balaban J connectivity index is 1.81. The van der Waals surface area contributed by atoms with E-state index in [0.717, 1.165) is 19.3 Å². The first kappa shape index (κ1) is 26.2. The van der Waals surface area contributed by atoms with Crippen molar-refractivity contribution < 1.29 is 18.5 Å². The largest absolute Gasteiger partial charge is 0.746 e. The van der Waals surface area contributed by atoms with E-state index in [9.17, 15) is 9.46 Å². The van der Waals surface area contributed by atoms with Crippen LogP contribution >= 0.6 is 7.82 Å². The van der Waals surface area contributed by atoms with Gasteiger partial charge in [-0.25, -0.2) is 0 Å². The molecule has 0 heterocycles. The Morgan fingerprint density at radius 1 is 0.690 bits per heavy atom. The highest BCUT2D eigenvalue weighted by Crippen LogP contribution is 2.39. The molecular weight excluding hydrogens is 383 g/mol. The van der Waals surface area contributed by atoms with E-state index in [1.165, 1.54) is 83.5 Å². The number of hydrogen-bond acceptors (Lipinski definition) is 4. The second-order valence-electron chi connectivity index (χ2n) is 7.99. The molecule has 0 fully saturated rings. The number of rotatable bonds is 20. The minimum Gasteiger partial charge on any atom is -0.746 e. The summed E-state index contributed by atoms with van der Waals surface area (Å²) < 4.78 is 21.6. The van der Waals surface area contributed by atoms with Crippen molar-refractivity contribution in [3.8, 4) is 5.75 Å². The van der Waals surface area contributed by atoms with E-state index in [4.69, 9.17) is 9.05 Å². The zero-order valence-electron chi connectivity index (χ0n) is 18.5. The lowest BCUT2D eigenvalue weighted by atomic mass is 10.0. The van der Waals surface area contributed by atoms with E-state index < -0.39 is 7.82 Å². The second kappa shape index (κ2) is 18.0. The summed E-state index contributed by atoms with van der Waals surface area (Å²) >= 11 is 0. The minimum atomic E-state index is -4.25. The number of unbranched alkanes of at least 4 members (excludes halogenated alkanes) is 15. The maximum atomic E-state index is 11.7. The van der Waals surface area contributed by atoms with Crippen molar-refractivity contribution in [2.45, 2.75) is 110 Å². The van der Waals surface area contributed by atoms with E-state index in [2.05, 4.69) is 6.92 Å². The predicted octanol–water partition coefficient (Wildman–Crippen LogP) is 7.81. The zero-order valence-corrected chi connectivity index (χ0v) is 19.4. The van der Waals surface area contributed by atoms with Crippen LogP contribution in [0, 0.1) is 0 Å². The third-order valence-electron chi connectivity index (χ3n) is 5.21. The van der Waals surface area contributed by atoms with Gasteiger partial charge in [-0.1, -0.05) is 121 Å². The average Bonchev–Trinajstić information content (AvgIpc) is 2.70. The molecule has 0 aliphatic carbocycles. The molecule has 0 N–H and O–H groups in total. The van der Waals surface area contributed by atoms with E-state index in [1.807, 2.05) is 0 Å². The molecule has 0 bridgehead atoms. The number of phosphoric ester groups is 1. The fourth-order valence-electron chi connectivity index (χ4n) is 3.46. The quantitative estimate of drug-likeness (QED) is 0.158. The highest BCUT2D eigenvalue weighted by molar-refractivity contribution is 7.46. The second-order valence-corrected chi connectivity index (χ2v) is 9.32. The Labute approximate surface area is 179 Å². The third kappa shape index (κ3) is 16.6. The molecule has 1 atom stereocenters. The Hall–Kier alpha value is -0.830. The molecule has 0 saturated heterocycles. The standard InChI is InChI=1S/C24H43O4P/c1-2-3-4-5-6-7-8-9-10-11-12-13-14-15-16-20-23-27-29(25,26)28-24-21-18-17-19-22-24/h17-19,21-22H,2-16,20,23H2,1H3,(H,25,26)/p-1. The zero-order chi connectivity index (χ0) is 21.0. The lowest BCUT2D eigenvalue weighted by molar-refractivity contribution is -0.217. The summed E-state index contributed by atoms with van der Waals surface area (Å²) in [5.41, 5.74) is 0. The first-order chi connectivity index (χ1) is 14.1. The van der Waals surface area contributed by atoms with Crippen molar-refractivity contribution in [1.82, 2.24) is 0 Å². The van der Waals surface area contributed by atoms with Gasteiger partial charge in [0, 0.05) is 0 Å². The summed E-state index contributed by atoms with van der Waals surface area (Å²) in [7, 11) is -4.25. The molecule has 0 aromatic heterocycles. The predicted molar refractivity (Wildman–Crippen MR) is 120 cm³/mol. The summed E-state index contributed by atoms with van der Waals surface area (Å²) in [6.45, 7) is 2.47. The number of phosphoric acid groups is 1. The van der Waals surface area contributed by atoms with Crippen LogP contribution in [-0.2, 0) is 9.09 Å². The van der Waals surface area contributed by atoms with Gasteiger partial charge in [-0.05, 0) is 18.6 Å². The van der Waals surface area contributed by atoms with Crippen LogP contribution in [0.1, 0.15) is 110 Å². The Kier molecular flexibility index (Phi) is 16.2. The molecule has 0 aliphatic rings. The third-order valence-corrected chi connectivity index (χ3v) is 6.14. The van der Waals surface area contributed by atoms with Gasteiger partial charge in [-0.3, -0.25) is 4.57 Å². The SMILES string of the molecule is CCCCCCCCCCCCCCCCCCOP(=O)([O-])Oc1ccccc1. The summed E-state index contributed by atoms with van der Waals surface area (Å²) in [5.74, 6) is 0.290. The van der Waals surface area contributed by atoms with Crippen LogP contribution in [0.2, 0.25) is 0 Å². The monoisotopic (exact) mass is 425 g/mol. The van der Waals surface area contributed by atoms with Gasteiger partial charge in [0.25, 0.3) is 0 Å². The first-order valence-corrected chi connectivity index (χ1v) is 13.3. The molecule has 1 rings (SSSR count). The summed E-state index contributed by atoms with van der Waals surface area (Å²) in [6, 6.07) is 8.46. The maximum Gasteiger partial charge on any atom is 0.319 e. The molecule has 168 valence electrons. The summed E-state index contributed by atoms with van der Waals surface area (Å²) in [4.78, 5) is 11.7. The molecule has 4 nitrogen and oxygen atoms in total. The van der Waals surface area contributed by atoms with Gasteiger partial charge < -0.3 is 13.9 Å². The number of benzene rings is 1. The Morgan fingerprint density at radius 3 is 1.55 bits per heavy atom. The Bertz CT molecular complexity index is 521. The van der Waals surface area contributed by atoms with Crippen molar-refractivity contribution in [3.05, 3.63) is 30.3 Å². The topological polar surface area (TPSA) is 58.6 Å². The highest BCUT2D eigenvalue weighted by Gasteiger charge is 2.10. The van der Waals surface area contributed by atoms with Crippen molar-refractivity contribution in [3.63, 3.8) is 0 Å². The molecule has 0 aliphatic heterocycles. The van der Waals surface area contributed by atoms with Crippen molar-refractivity contribution in [2.24, 2.45) is 0 Å². The molecule has 1 aromatic carbocycles. The van der Waals surface area contributed by atoms with Crippen LogP contribution in [0.3, 0.4) is 0 Å². The molecule has 1 unspecified atom stereocenters. The average molecular weight is 426 g/mol. The molecule has 29 heavy (non-hydrogen) atoms. The van der Waals surface area contributed by atoms with Gasteiger partial charge in [0.1, 0.15) is 5.75 Å².